The average Bonchev–Trinajstić information content (AvgIpc) is 1.20. The molecule has 0 bridgehead atoms. The van der Waals surface area contributed by atoms with Gasteiger partial charge in [-0.05, 0) is 91.8 Å². The van der Waals surface area contributed by atoms with E-state index in [0.29, 0.717) is 156 Å². The molecule has 17 atom stereocenters. The summed E-state index contributed by atoms with van der Waals surface area (Å²) in [6.45, 7) is 26.5. The van der Waals surface area contributed by atoms with Gasteiger partial charge in [-0.2, -0.15) is 0 Å². The second-order valence-electron chi connectivity index (χ2n) is 36.3. The van der Waals surface area contributed by atoms with Crippen molar-refractivity contribution in [2.45, 2.75) is 219 Å². The maximum atomic E-state index is 15.1. The van der Waals surface area contributed by atoms with Crippen LogP contribution in [0.2, 0.25) is 6.82 Å². The SMILES string of the molecule is CC[C@H](C)[C@@H]([C@@H](CC(=O)N1CCC[C@H]1[C@H](C)[C@@H](C)C(=O)C[C@H](C)[C@@H](O)c1ccccc1)OC)N(C)C(=O)[C@@H](CC(=O)[C@H](C(C)C)N(C)C(=O)OCc1ccc(O[C@@H]2O[C@H](C(=O)O)[C@@H](O)[C@H](O)[C@H]2O)c(NC(=O)CCNC(=O)[C@H](CCCCNC(=O)CCOCCOCCOCCOCCOCCOCCOCCOCCOCCOCCOCCOC)NC(=O)[C@H](CNB(C)O)N2C(=O)C=CC2=O)c1)C(C)C. The highest BCUT2D eigenvalue weighted by atomic mass is 16.7. The fourth-order valence-electron chi connectivity index (χ4n) is 16.5. The number of aliphatic hydroxyl groups is 4. The van der Waals surface area contributed by atoms with Gasteiger partial charge in [0.1, 0.15) is 48.5 Å². The molecular weight excluding hydrogens is 1860 g/mol. The first-order chi connectivity index (χ1) is 68.0. The van der Waals surface area contributed by atoms with Crippen LogP contribution in [0, 0.1) is 41.4 Å². The molecule has 3 aliphatic heterocycles. The molecule has 11 N–H and O–H groups in total. The monoisotopic (exact) mass is 2020 g/mol. The van der Waals surface area contributed by atoms with Crippen LogP contribution in [0.5, 0.6) is 5.75 Å². The Hall–Kier alpha value is -8.72. The number of carboxylic acids is 1. The van der Waals surface area contributed by atoms with Gasteiger partial charge in [0.05, 0.1) is 188 Å². The molecule has 0 aliphatic carbocycles. The number of hydrogen-bond donors (Lipinski definition) is 11. The topological polar surface area (TPSA) is 547 Å². The summed E-state index contributed by atoms with van der Waals surface area (Å²) in [5, 5.41) is 76.5. The van der Waals surface area contributed by atoms with Gasteiger partial charge in [0.25, 0.3) is 11.8 Å². The molecule has 0 radical (unpaired) electrons. The third-order valence-corrected chi connectivity index (χ3v) is 25.0. The minimum absolute atomic E-state index is 0.00446. The van der Waals surface area contributed by atoms with Gasteiger partial charge >= 0.3 is 19.1 Å². The van der Waals surface area contributed by atoms with Crippen LogP contribution >= 0.6 is 0 Å². The minimum atomic E-state index is -2.11. The Morgan fingerprint density at radius 1 is 0.592 bits per heavy atom. The lowest BCUT2D eigenvalue weighted by Crippen LogP contribution is -2.61. The lowest BCUT2D eigenvalue weighted by molar-refractivity contribution is -0.271. The summed E-state index contributed by atoms with van der Waals surface area (Å²) >= 11 is 0. The number of anilines is 1. The number of amides is 9. The molecule has 43 nitrogen and oxygen atoms in total. The van der Waals surface area contributed by atoms with Gasteiger partial charge in [0.2, 0.25) is 41.7 Å². The third kappa shape index (κ3) is 44.3. The molecule has 3 aliphatic rings. The van der Waals surface area contributed by atoms with E-state index in [2.05, 4.69) is 26.5 Å². The van der Waals surface area contributed by atoms with Gasteiger partial charge in [-0.3, -0.25) is 52.8 Å². The Morgan fingerprint density at radius 2 is 1.13 bits per heavy atom. The lowest BCUT2D eigenvalue weighted by Gasteiger charge is -2.41. The number of benzene rings is 2. The molecule has 0 spiro atoms. The van der Waals surface area contributed by atoms with Crippen LogP contribution < -0.4 is 31.2 Å². The highest BCUT2D eigenvalue weighted by molar-refractivity contribution is 6.45. The van der Waals surface area contributed by atoms with Crippen molar-refractivity contribution in [2.75, 3.05) is 212 Å². The number of aliphatic hydroxyl groups excluding tert-OH is 4. The minimum Gasteiger partial charge on any atom is -0.479 e. The van der Waals surface area contributed by atoms with Crippen molar-refractivity contribution in [3.05, 3.63) is 71.8 Å². The first kappa shape index (κ1) is 124. The molecule has 804 valence electrons. The number of unbranched alkanes of at least 4 members (excludes halogenated alkanes) is 1. The van der Waals surface area contributed by atoms with Gasteiger partial charge in [-0.1, -0.05) is 105 Å². The number of carbonyl (C=O) groups excluding carboxylic acids is 11. The van der Waals surface area contributed by atoms with Gasteiger partial charge in [-0.15, -0.1) is 0 Å². The van der Waals surface area contributed by atoms with Crippen molar-refractivity contribution < 1.29 is 164 Å². The molecule has 2 saturated heterocycles. The fourth-order valence-corrected chi connectivity index (χ4v) is 16.5. The second-order valence-corrected chi connectivity index (χ2v) is 36.3. The Bertz CT molecular complexity index is 4070. The molecule has 0 aromatic heterocycles. The smallest absolute Gasteiger partial charge is 0.410 e. The number of imide groups is 1. The standard InChI is InChI=1S/C98H160BN9O34/c1-15-66(6)87(80(128-14)61-85(115)107-34-21-25-75(107)68(8)69(9)77(109)58-67(7)88(116)71-22-17-16-18-23-71)105(11)95(122)72(64(2)3)60-78(110)86(65(4)5)106(12)98(125)140-63-70-26-27-79(141-97-91(119)89(117)90(118)92(142-97)96(123)124)74(59-70)103-82(112)30-33-101-93(120)73(104-94(121)76(62-102-99(10)126)108-83(113)28-29-84(108)114)24-19-20-32-100-81(111)31-35-129-38-39-131-42-43-133-46-47-135-50-51-137-54-55-139-57-56-138-53-52-136-49-48-134-45-44-132-41-40-130-37-36-127-13/h16-18,22-23,26-29,59,64-69,72-73,75-76,80,86-92,97,102,116-119,126H,15,19-21,24-25,30-58,60-63H2,1-14H3,(H,100,111)(H,101,120)(H,103,112)(H,104,121)(H,123,124)/t66-,67-,68+,69+,72-,73-,75-,76-,80+,86-,87-,88+,89-,90-,91+,92-,97+/m0/s1. The Balaban J connectivity index is 1.12. The molecule has 9 amide bonds. The fraction of sp³-hybridized carbons (Fsp3) is 0.735. The van der Waals surface area contributed by atoms with E-state index in [1.54, 1.807) is 32.9 Å². The predicted octanol–water partition coefficient (Wildman–Crippen LogP) is 3.08. The number of nitrogens with zero attached hydrogens (tertiary/aromatic N) is 4. The number of carboxylic acid groups (broad SMARTS) is 1. The molecule has 142 heavy (non-hydrogen) atoms. The summed E-state index contributed by atoms with van der Waals surface area (Å²) < 4.78 is 88.7. The first-order valence-corrected chi connectivity index (χ1v) is 49.4. The number of hydrogen-bond acceptors (Lipinski definition) is 34. The van der Waals surface area contributed by atoms with Crippen LogP contribution in [-0.4, -0.2) is 402 Å². The van der Waals surface area contributed by atoms with E-state index >= 15 is 4.79 Å². The summed E-state index contributed by atoms with van der Waals surface area (Å²) in [4.78, 5) is 171. The summed E-state index contributed by atoms with van der Waals surface area (Å²) in [5.41, 5.74) is 0.662. The number of nitrogens with one attached hydrogen (secondary N) is 5. The van der Waals surface area contributed by atoms with E-state index in [1.165, 1.54) is 39.2 Å². The maximum Gasteiger partial charge on any atom is 0.410 e. The number of methoxy groups -OCH3 is 2. The lowest BCUT2D eigenvalue weighted by atomic mass is 9.81. The van der Waals surface area contributed by atoms with Crippen LogP contribution in [0.4, 0.5) is 10.5 Å². The van der Waals surface area contributed by atoms with Crippen molar-refractivity contribution in [3.63, 3.8) is 0 Å². The zero-order valence-corrected chi connectivity index (χ0v) is 85.3. The molecule has 5 rings (SSSR count). The van der Waals surface area contributed by atoms with E-state index in [4.69, 9.17) is 75.8 Å². The number of likely N-dealkylation sites (tertiary alicyclic amines) is 1. The van der Waals surface area contributed by atoms with Crippen LogP contribution in [0.1, 0.15) is 150 Å². The highest BCUT2D eigenvalue weighted by Crippen LogP contribution is 2.37. The second kappa shape index (κ2) is 69.4. The summed E-state index contributed by atoms with van der Waals surface area (Å²) in [6.07, 6.45) is -9.39. The van der Waals surface area contributed by atoms with E-state index in [0.717, 1.165) is 29.0 Å². The number of carbonyl (C=O) groups is 12. The molecule has 2 aromatic carbocycles. The number of aliphatic carboxylic acids is 1. The largest absolute Gasteiger partial charge is 0.479 e. The van der Waals surface area contributed by atoms with Crippen LogP contribution in [0.25, 0.3) is 0 Å². The Labute approximate surface area is 834 Å². The quantitative estimate of drug-likeness (QED) is 0.0257. The molecule has 0 unspecified atom stereocenters. The third-order valence-electron chi connectivity index (χ3n) is 25.0. The highest BCUT2D eigenvalue weighted by Gasteiger charge is 2.49. The molecule has 2 fully saturated rings. The zero-order valence-electron chi connectivity index (χ0n) is 85.3. The normalized spacial score (nSPS) is 18.8. The van der Waals surface area contributed by atoms with Gasteiger partial charge < -0.3 is 148 Å². The van der Waals surface area contributed by atoms with Gasteiger partial charge in [0.15, 0.2) is 11.9 Å². The van der Waals surface area contributed by atoms with Crippen molar-refractivity contribution in [3.8, 4) is 5.75 Å². The van der Waals surface area contributed by atoms with Crippen molar-refractivity contribution in [1.29, 1.82) is 0 Å². The summed E-state index contributed by atoms with van der Waals surface area (Å²) in [6, 6.07) is 8.06. The number of likely N-dealkylation sites (N-methyl/N-ethyl adjacent to an activating group) is 2. The van der Waals surface area contributed by atoms with Crippen molar-refractivity contribution >= 4 is 83.6 Å². The Kier molecular flexibility index (Phi) is 60.5. The number of Topliss-reactive ketones (excluding diaryl/α,β-unsaturated/α-hetero) is 2. The molecule has 0 saturated carbocycles. The number of ether oxygens (including phenoxy) is 16. The van der Waals surface area contributed by atoms with E-state index in [1.807, 2.05) is 83.7 Å². The van der Waals surface area contributed by atoms with Crippen molar-refractivity contribution in [1.82, 2.24) is 40.8 Å². The predicted molar refractivity (Wildman–Crippen MR) is 518 cm³/mol. The average molecular weight is 2020 g/mol. The van der Waals surface area contributed by atoms with E-state index in [9.17, 15) is 83.3 Å². The molecule has 2 aromatic rings. The van der Waals surface area contributed by atoms with E-state index < -0.39 is 171 Å². The van der Waals surface area contributed by atoms with Crippen molar-refractivity contribution in [2.24, 2.45) is 41.4 Å². The molecule has 44 heteroatoms. The maximum absolute atomic E-state index is 15.1. The number of rotatable bonds is 78. The summed E-state index contributed by atoms with van der Waals surface area (Å²) in [7, 11) is 4.92. The van der Waals surface area contributed by atoms with Crippen LogP contribution in [0.15, 0.2) is 60.7 Å². The van der Waals surface area contributed by atoms with Gasteiger partial charge in [0, 0.05) is 110 Å². The van der Waals surface area contributed by atoms with Crippen LogP contribution in [0.3, 0.4) is 0 Å². The Morgan fingerprint density at radius 3 is 1.63 bits per heavy atom. The van der Waals surface area contributed by atoms with Gasteiger partial charge in [-0.25, -0.2) is 9.59 Å². The molecular formula is C98H160BN9O34. The van der Waals surface area contributed by atoms with E-state index in [-0.39, 0.29) is 136 Å². The number of ketones is 2. The summed E-state index contributed by atoms with van der Waals surface area (Å²) in [5.74, 6) is -10.7. The molecule has 3 heterocycles. The van der Waals surface area contributed by atoms with Crippen LogP contribution in [-0.2, 0) is 130 Å². The first-order valence-electron chi connectivity index (χ1n) is 49.4. The zero-order chi connectivity index (χ0) is 105.